The minimum absolute atomic E-state index is 0.0118. The number of carbonyl (C=O) groups excluding carboxylic acids is 1. The fourth-order valence-electron chi connectivity index (χ4n) is 4.54. The molecule has 4 rings (SSSR count). The number of benzene rings is 2. The molecule has 1 unspecified atom stereocenters. The van der Waals surface area contributed by atoms with Crippen LogP contribution in [0.1, 0.15) is 60.1 Å². The summed E-state index contributed by atoms with van der Waals surface area (Å²) in [6.45, 7) is 5.71. The molecule has 4 N–H and O–H groups in total. The Hall–Kier alpha value is -3.38. The topological polar surface area (TPSA) is 83.3 Å². The number of hydrogen-bond acceptors (Lipinski definition) is 5. The number of nitrogens with two attached hydrogens (primary N) is 1. The van der Waals surface area contributed by atoms with E-state index in [-0.39, 0.29) is 6.04 Å². The average molecular weight is 458 g/mol. The number of amides is 1. The van der Waals surface area contributed by atoms with E-state index < -0.39 is 5.91 Å². The number of nitrogens with one attached hydrogen (secondary N) is 2. The highest BCUT2D eigenvalue weighted by Gasteiger charge is 2.14. The fourth-order valence-corrected chi connectivity index (χ4v) is 4.54. The SMILES string of the molecule is CC(Nc1cc(Nc2cccc(CCCN3CCCCC3)c2)ncc1C(N)=O)c1ccccc1. The largest absolute Gasteiger partial charge is 0.378 e. The van der Waals surface area contributed by atoms with Crippen LogP contribution in [0.2, 0.25) is 0 Å². The maximum absolute atomic E-state index is 12.0. The van der Waals surface area contributed by atoms with Crippen LogP contribution in [-0.4, -0.2) is 35.4 Å². The van der Waals surface area contributed by atoms with E-state index in [1.807, 2.05) is 30.3 Å². The lowest BCUT2D eigenvalue weighted by Gasteiger charge is -2.26. The highest BCUT2D eigenvalue weighted by molar-refractivity contribution is 5.98. The van der Waals surface area contributed by atoms with Crippen LogP contribution in [0.5, 0.6) is 0 Å². The zero-order valence-electron chi connectivity index (χ0n) is 20.0. The highest BCUT2D eigenvalue weighted by atomic mass is 16.1. The van der Waals surface area contributed by atoms with Crippen molar-refractivity contribution in [2.45, 2.75) is 45.1 Å². The molecule has 6 heteroatoms. The third-order valence-corrected chi connectivity index (χ3v) is 6.43. The number of nitrogens with zero attached hydrogens (tertiary/aromatic N) is 2. The van der Waals surface area contributed by atoms with Gasteiger partial charge in [-0.15, -0.1) is 0 Å². The summed E-state index contributed by atoms with van der Waals surface area (Å²) in [6, 6.07) is 20.4. The predicted molar refractivity (Wildman–Crippen MR) is 140 cm³/mol. The molecule has 0 radical (unpaired) electrons. The van der Waals surface area contributed by atoms with E-state index in [0.29, 0.717) is 17.1 Å². The van der Waals surface area contributed by atoms with E-state index in [2.05, 4.69) is 57.8 Å². The number of pyridine rings is 1. The number of aryl methyl sites for hydroxylation is 1. The van der Waals surface area contributed by atoms with Crippen molar-refractivity contribution < 1.29 is 4.79 Å². The number of primary amides is 1. The highest BCUT2D eigenvalue weighted by Crippen LogP contribution is 2.26. The van der Waals surface area contributed by atoms with Gasteiger partial charge < -0.3 is 21.3 Å². The van der Waals surface area contributed by atoms with Gasteiger partial charge in [-0.1, -0.05) is 48.9 Å². The molecule has 34 heavy (non-hydrogen) atoms. The van der Waals surface area contributed by atoms with Crippen molar-refractivity contribution in [2.24, 2.45) is 5.73 Å². The minimum atomic E-state index is -0.502. The molecule has 2 heterocycles. The van der Waals surface area contributed by atoms with Crippen molar-refractivity contribution in [3.63, 3.8) is 0 Å². The summed E-state index contributed by atoms with van der Waals surface area (Å²) in [5.74, 6) is 0.163. The number of hydrogen-bond donors (Lipinski definition) is 3. The monoisotopic (exact) mass is 457 g/mol. The van der Waals surface area contributed by atoms with E-state index in [9.17, 15) is 4.79 Å². The summed E-state index contributed by atoms with van der Waals surface area (Å²) in [6.07, 6.45) is 7.81. The van der Waals surface area contributed by atoms with Crippen molar-refractivity contribution in [2.75, 3.05) is 30.3 Å². The molecule has 6 nitrogen and oxygen atoms in total. The van der Waals surface area contributed by atoms with Crippen molar-refractivity contribution in [1.82, 2.24) is 9.88 Å². The quantitative estimate of drug-likeness (QED) is 0.374. The normalized spacial score (nSPS) is 15.0. The van der Waals surface area contributed by atoms with Crippen LogP contribution in [0.25, 0.3) is 0 Å². The third-order valence-electron chi connectivity index (χ3n) is 6.43. The van der Waals surface area contributed by atoms with Crippen LogP contribution in [0, 0.1) is 0 Å². The first-order chi connectivity index (χ1) is 16.6. The summed E-state index contributed by atoms with van der Waals surface area (Å²) in [4.78, 5) is 19.0. The first-order valence-electron chi connectivity index (χ1n) is 12.3. The van der Waals surface area contributed by atoms with Crippen LogP contribution < -0.4 is 16.4 Å². The van der Waals surface area contributed by atoms with Crippen molar-refractivity contribution >= 4 is 23.1 Å². The smallest absolute Gasteiger partial charge is 0.252 e. The van der Waals surface area contributed by atoms with Gasteiger partial charge >= 0.3 is 0 Å². The molecule has 0 spiro atoms. The lowest BCUT2D eigenvalue weighted by molar-refractivity contribution is 0.100. The van der Waals surface area contributed by atoms with Crippen molar-refractivity contribution in [3.05, 3.63) is 83.6 Å². The summed E-state index contributed by atoms with van der Waals surface area (Å²) >= 11 is 0. The van der Waals surface area contributed by atoms with E-state index in [1.165, 1.54) is 57.1 Å². The Kier molecular flexibility index (Phi) is 8.15. The van der Waals surface area contributed by atoms with E-state index in [1.54, 1.807) is 0 Å². The molecule has 3 aromatic rings. The Morgan fingerprint density at radius 2 is 1.85 bits per heavy atom. The lowest BCUT2D eigenvalue weighted by Crippen LogP contribution is -2.30. The molecule has 0 aliphatic carbocycles. The van der Waals surface area contributed by atoms with E-state index >= 15 is 0 Å². The molecule has 178 valence electrons. The van der Waals surface area contributed by atoms with Gasteiger partial charge in [0.25, 0.3) is 5.91 Å². The molecule has 1 saturated heterocycles. The van der Waals surface area contributed by atoms with Gasteiger partial charge in [0.05, 0.1) is 11.3 Å². The summed E-state index contributed by atoms with van der Waals surface area (Å²) < 4.78 is 0. The molecule has 1 atom stereocenters. The maximum Gasteiger partial charge on any atom is 0.252 e. The van der Waals surface area contributed by atoms with E-state index in [4.69, 9.17) is 5.73 Å². The van der Waals surface area contributed by atoms with Gasteiger partial charge in [0.15, 0.2) is 0 Å². The van der Waals surface area contributed by atoms with Gasteiger partial charge in [-0.3, -0.25) is 4.79 Å². The Morgan fingerprint density at radius 1 is 1.06 bits per heavy atom. The van der Waals surface area contributed by atoms with Gasteiger partial charge in [0, 0.05) is 24.0 Å². The third kappa shape index (κ3) is 6.58. The van der Waals surface area contributed by atoms with Crippen molar-refractivity contribution in [3.8, 4) is 0 Å². The summed E-state index contributed by atoms with van der Waals surface area (Å²) in [5, 5.41) is 6.81. The van der Waals surface area contributed by atoms with E-state index in [0.717, 1.165) is 17.7 Å². The Bertz CT molecular complexity index is 1080. The minimum Gasteiger partial charge on any atom is -0.378 e. The van der Waals surface area contributed by atoms with Crippen LogP contribution in [-0.2, 0) is 6.42 Å². The molecular weight excluding hydrogens is 422 g/mol. The second kappa shape index (κ2) is 11.7. The first kappa shape index (κ1) is 23.8. The van der Waals surface area contributed by atoms with Crippen LogP contribution >= 0.6 is 0 Å². The molecule has 1 fully saturated rings. The number of piperidine rings is 1. The van der Waals surface area contributed by atoms with Gasteiger partial charge in [-0.25, -0.2) is 4.98 Å². The molecule has 1 aliphatic heterocycles. The standard InChI is InChI=1S/C28H35N5O/c1-21(23-12-4-2-5-13-23)31-26-19-27(30-20-25(26)28(29)34)32-24-14-8-10-22(18-24)11-9-17-33-15-6-3-7-16-33/h2,4-5,8,10,12-14,18-21H,3,6-7,9,11,15-17H2,1H3,(H2,29,34)(H2,30,31,32). The van der Waals surface area contributed by atoms with Crippen molar-refractivity contribution in [1.29, 1.82) is 0 Å². The summed E-state index contributed by atoms with van der Waals surface area (Å²) in [5.41, 5.74) is 10.1. The molecular formula is C28H35N5O. The number of anilines is 3. The predicted octanol–water partition coefficient (Wildman–Crippen LogP) is 5.52. The second-order valence-electron chi connectivity index (χ2n) is 9.09. The number of aromatic nitrogens is 1. The summed E-state index contributed by atoms with van der Waals surface area (Å²) in [7, 11) is 0. The van der Waals surface area contributed by atoms with Crippen LogP contribution in [0.15, 0.2) is 66.9 Å². The molecule has 1 aromatic heterocycles. The number of carbonyl (C=O) groups is 1. The van der Waals surface area contributed by atoms with Gasteiger partial charge in [-0.05, 0) is 75.5 Å². The van der Waals surface area contributed by atoms with Crippen LogP contribution in [0.3, 0.4) is 0 Å². The Labute approximate surface area is 202 Å². The average Bonchev–Trinajstić information content (AvgIpc) is 2.85. The zero-order chi connectivity index (χ0) is 23.8. The molecule has 0 saturated carbocycles. The molecule has 1 amide bonds. The first-order valence-corrected chi connectivity index (χ1v) is 12.3. The van der Waals surface area contributed by atoms with Gasteiger partial charge in [0.1, 0.15) is 5.82 Å². The van der Waals surface area contributed by atoms with Crippen LogP contribution in [0.4, 0.5) is 17.2 Å². The second-order valence-corrected chi connectivity index (χ2v) is 9.09. The fraction of sp³-hybridized carbons (Fsp3) is 0.357. The van der Waals surface area contributed by atoms with Gasteiger partial charge in [0.2, 0.25) is 0 Å². The molecule has 2 aromatic carbocycles. The Morgan fingerprint density at radius 3 is 2.62 bits per heavy atom. The Balaban J connectivity index is 1.42. The molecule has 0 bridgehead atoms. The maximum atomic E-state index is 12.0. The lowest BCUT2D eigenvalue weighted by atomic mass is 10.1. The molecule has 1 aliphatic rings. The number of likely N-dealkylation sites (tertiary alicyclic amines) is 1. The zero-order valence-corrected chi connectivity index (χ0v) is 20.0. The van der Waals surface area contributed by atoms with Gasteiger partial charge in [-0.2, -0.15) is 0 Å². The number of rotatable bonds is 10.